The largest absolute Gasteiger partial charge is 0.463 e. The Morgan fingerprint density at radius 2 is 2.08 bits per heavy atom. The summed E-state index contributed by atoms with van der Waals surface area (Å²) >= 11 is 0. The quantitative estimate of drug-likeness (QED) is 0.691. The Bertz CT molecular complexity index is 414. The normalized spacial score (nSPS) is 10.0. The second-order valence-electron chi connectivity index (χ2n) is 2.41. The Hall–Kier alpha value is -1.77. The monoisotopic (exact) mass is 161 g/mol. The van der Waals surface area contributed by atoms with E-state index in [4.69, 9.17) is 4.42 Å². The van der Waals surface area contributed by atoms with E-state index in [1.165, 1.54) is 6.07 Å². The summed E-state index contributed by atoms with van der Waals surface area (Å²) < 4.78 is 5.10. The Kier molecular flexibility index (Phi) is 1.55. The molecule has 0 fully saturated rings. The van der Waals surface area contributed by atoms with E-state index in [1.54, 1.807) is 30.5 Å². The van der Waals surface area contributed by atoms with E-state index in [-0.39, 0.29) is 5.56 Å². The molecular formula is C9H7NO2. The van der Waals surface area contributed by atoms with E-state index < -0.39 is 0 Å². The minimum atomic E-state index is -0.121. The van der Waals surface area contributed by atoms with Crippen molar-refractivity contribution in [1.82, 2.24) is 4.98 Å². The lowest BCUT2D eigenvalue weighted by Crippen LogP contribution is -2.02. The maximum absolute atomic E-state index is 10.9. The minimum Gasteiger partial charge on any atom is -0.463 e. The third kappa shape index (κ3) is 1.16. The number of aromatic nitrogens is 1. The van der Waals surface area contributed by atoms with Gasteiger partial charge in [0.05, 0.1) is 12.0 Å². The van der Waals surface area contributed by atoms with Gasteiger partial charge in [-0.25, -0.2) is 0 Å². The van der Waals surface area contributed by atoms with Crippen LogP contribution < -0.4 is 5.56 Å². The highest BCUT2D eigenvalue weighted by atomic mass is 16.3. The van der Waals surface area contributed by atoms with Crippen molar-refractivity contribution >= 4 is 0 Å². The third-order valence-electron chi connectivity index (χ3n) is 1.55. The van der Waals surface area contributed by atoms with E-state index in [1.807, 2.05) is 0 Å². The topological polar surface area (TPSA) is 46.0 Å². The number of hydrogen-bond donors (Lipinski definition) is 1. The summed E-state index contributed by atoms with van der Waals surface area (Å²) in [6.45, 7) is 0. The molecule has 0 bridgehead atoms. The zero-order valence-corrected chi connectivity index (χ0v) is 6.28. The number of hydrogen-bond acceptors (Lipinski definition) is 2. The van der Waals surface area contributed by atoms with Gasteiger partial charge in [0.1, 0.15) is 5.76 Å². The fraction of sp³-hybridized carbons (Fsp3) is 0. The molecule has 3 heteroatoms. The molecule has 12 heavy (non-hydrogen) atoms. The molecule has 60 valence electrons. The third-order valence-corrected chi connectivity index (χ3v) is 1.55. The van der Waals surface area contributed by atoms with Crippen molar-refractivity contribution in [2.24, 2.45) is 0 Å². The molecule has 2 aromatic heterocycles. The van der Waals surface area contributed by atoms with E-state index in [0.717, 1.165) is 0 Å². The molecule has 2 aromatic rings. The molecule has 0 spiro atoms. The molecule has 0 aromatic carbocycles. The molecule has 3 nitrogen and oxygen atoms in total. The highest BCUT2D eigenvalue weighted by molar-refractivity contribution is 5.50. The van der Waals surface area contributed by atoms with E-state index >= 15 is 0 Å². The van der Waals surface area contributed by atoms with Gasteiger partial charge in [-0.05, 0) is 18.2 Å². The maximum atomic E-state index is 10.9. The summed E-state index contributed by atoms with van der Waals surface area (Å²) in [7, 11) is 0. The predicted molar refractivity (Wildman–Crippen MR) is 44.8 cm³/mol. The van der Waals surface area contributed by atoms with Crippen LogP contribution in [0.15, 0.2) is 45.8 Å². The molecule has 2 heterocycles. The molecule has 0 unspecified atom stereocenters. The van der Waals surface area contributed by atoms with Crippen molar-refractivity contribution in [2.45, 2.75) is 0 Å². The van der Waals surface area contributed by atoms with Gasteiger partial charge in [-0.3, -0.25) is 4.79 Å². The van der Waals surface area contributed by atoms with Crippen LogP contribution in [-0.2, 0) is 0 Å². The first-order chi connectivity index (χ1) is 5.86. The summed E-state index contributed by atoms with van der Waals surface area (Å²) in [6.07, 6.45) is 1.57. The molecule has 0 aliphatic carbocycles. The van der Waals surface area contributed by atoms with Gasteiger partial charge in [0.2, 0.25) is 5.56 Å². The molecule has 0 amide bonds. The average Bonchev–Trinajstić information content (AvgIpc) is 2.56. The van der Waals surface area contributed by atoms with Crippen LogP contribution >= 0.6 is 0 Å². The zero-order chi connectivity index (χ0) is 8.39. The van der Waals surface area contributed by atoms with Crippen molar-refractivity contribution in [2.75, 3.05) is 0 Å². The van der Waals surface area contributed by atoms with Crippen LogP contribution in [0.1, 0.15) is 0 Å². The van der Waals surface area contributed by atoms with Gasteiger partial charge in [0.15, 0.2) is 0 Å². The number of nitrogens with one attached hydrogen (secondary N) is 1. The van der Waals surface area contributed by atoms with Gasteiger partial charge in [0.25, 0.3) is 0 Å². The Labute approximate surface area is 68.7 Å². The number of H-pyrrole nitrogens is 1. The van der Waals surface area contributed by atoms with Crippen LogP contribution in [0, 0.1) is 0 Å². The van der Waals surface area contributed by atoms with E-state index in [2.05, 4.69) is 4.98 Å². The van der Waals surface area contributed by atoms with Crippen molar-refractivity contribution in [1.29, 1.82) is 0 Å². The maximum Gasteiger partial charge on any atom is 0.248 e. The van der Waals surface area contributed by atoms with Gasteiger partial charge >= 0.3 is 0 Å². The van der Waals surface area contributed by atoms with Crippen molar-refractivity contribution < 1.29 is 4.42 Å². The van der Waals surface area contributed by atoms with Gasteiger partial charge in [-0.2, -0.15) is 0 Å². The molecule has 0 radical (unpaired) electrons. The lowest BCUT2D eigenvalue weighted by molar-refractivity contribution is 0.580. The molecule has 0 saturated heterocycles. The first kappa shape index (κ1) is 6.91. The molecule has 2 rings (SSSR count). The Balaban J connectivity index is 2.55. The molecule has 0 saturated carbocycles. The molecular weight excluding hydrogens is 154 g/mol. The number of furan rings is 1. The minimum absolute atomic E-state index is 0.121. The first-order valence-electron chi connectivity index (χ1n) is 3.59. The second-order valence-corrected chi connectivity index (χ2v) is 2.41. The summed E-state index contributed by atoms with van der Waals surface area (Å²) in [6, 6.07) is 8.52. The van der Waals surface area contributed by atoms with Gasteiger partial charge in [-0.15, -0.1) is 0 Å². The van der Waals surface area contributed by atoms with E-state index in [9.17, 15) is 4.79 Å². The summed E-state index contributed by atoms with van der Waals surface area (Å²) in [5.41, 5.74) is 0.580. The summed E-state index contributed by atoms with van der Waals surface area (Å²) in [5.74, 6) is 0.674. The van der Waals surface area contributed by atoms with Crippen LogP contribution in [0.4, 0.5) is 0 Å². The van der Waals surface area contributed by atoms with Crippen molar-refractivity contribution in [3.05, 3.63) is 46.9 Å². The molecule has 1 N–H and O–H groups in total. The highest BCUT2D eigenvalue weighted by Gasteiger charge is 1.98. The lowest BCUT2D eigenvalue weighted by Gasteiger charge is -1.93. The van der Waals surface area contributed by atoms with Gasteiger partial charge in [-0.1, -0.05) is 6.07 Å². The fourth-order valence-electron chi connectivity index (χ4n) is 1.02. The van der Waals surface area contributed by atoms with E-state index in [0.29, 0.717) is 11.5 Å². The lowest BCUT2D eigenvalue weighted by atomic mass is 10.3. The summed E-state index contributed by atoms with van der Waals surface area (Å²) in [5, 5.41) is 0. The molecule has 0 aliphatic heterocycles. The standard InChI is InChI=1S/C9H7NO2/c11-9-5-1-3-7(10-9)8-4-2-6-12-8/h1-6H,(H,10,11). The van der Waals surface area contributed by atoms with Crippen LogP contribution in [0.25, 0.3) is 11.5 Å². The van der Waals surface area contributed by atoms with Crippen molar-refractivity contribution in [3.63, 3.8) is 0 Å². The van der Waals surface area contributed by atoms with Gasteiger partial charge < -0.3 is 9.40 Å². The number of rotatable bonds is 1. The predicted octanol–water partition coefficient (Wildman–Crippen LogP) is 1.63. The molecule has 0 atom stereocenters. The highest BCUT2D eigenvalue weighted by Crippen LogP contribution is 2.14. The summed E-state index contributed by atoms with van der Waals surface area (Å²) in [4.78, 5) is 13.5. The fourth-order valence-corrected chi connectivity index (χ4v) is 1.02. The van der Waals surface area contributed by atoms with Crippen LogP contribution in [0.5, 0.6) is 0 Å². The molecule has 0 aliphatic rings. The number of aromatic amines is 1. The number of pyridine rings is 1. The van der Waals surface area contributed by atoms with Crippen LogP contribution in [0.2, 0.25) is 0 Å². The van der Waals surface area contributed by atoms with Gasteiger partial charge in [0, 0.05) is 6.07 Å². The zero-order valence-electron chi connectivity index (χ0n) is 6.28. The SMILES string of the molecule is O=c1cccc(-c2ccco2)[nH]1. The Morgan fingerprint density at radius 3 is 2.75 bits per heavy atom. The second kappa shape index (κ2) is 2.70. The van der Waals surface area contributed by atoms with Crippen LogP contribution in [0.3, 0.4) is 0 Å². The smallest absolute Gasteiger partial charge is 0.248 e. The van der Waals surface area contributed by atoms with Crippen LogP contribution in [-0.4, -0.2) is 4.98 Å². The first-order valence-corrected chi connectivity index (χ1v) is 3.59. The Morgan fingerprint density at radius 1 is 1.17 bits per heavy atom. The van der Waals surface area contributed by atoms with Crippen molar-refractivity contribution in [3.8, 4) is 11.5 Å². The average molecular weight is 161 g/mol.